The van der Waals surface area contributed by atoms with Crippen molar-refractivity contribution < 1.29 is 27.9 Å². The van der Waals surface area contributed by atoms with E-state index in [9.17, 15) is 23.1 Å². The predicted octanol–water partition coefficient (Wildman–Crippen LogP) is 0.937. The van der Waals surface area contributed by atoms with Crippen LogP contribution in [-0.2, 0) is 19.6 Å². The van der Waals surface area contributed by atoms with Crippen molar-refractivity contribution in [3.63, 3.8) is 0 Å². The number of benzene rings is 1. The minimum Gasteiger partial charge on any atom is -0.480 e. The van der Waals surface area contributed by atoms with Crippen LogP contribution in [0.4, 0.5) is 0 Å². The van der Waals surface area contributed by atoms with Crippen LogP contribution in [0.5, 0.6) is 0 Å². The van der Waals surface area contributed by atoms with Crippen LogP contribution in [-0.4, -0.2) is 62.1 Å². The summed E-state index contributed by atoms with van der Waals surface area (Å²) in [6.45, 7) is 4.71. The lowest BCUT2D eigenvalue weighted by Crippen LogP contribution is -2.43. The van der Waals surface area contributed by atoms with Gasteiger partial charge in [-0.3, -0.25) is 4.79 Å². The summed E-state index contributed by atoms with van der Waals surface area (Å²) < 4.78 is 32.2. The van der Waals surface area contributed by atoms with E-state index in [1.807, 2.05) is 13.8 Å². The number of carbonyl (C=O) groups excluding carboxylic acids is 1. The Hall–Kier alpha value is -1.97. The quantitative estimate of drug-likeness (QED) is 0.723. The van der Waals surface area contributed by atoms with Gasteiger partial charge < -0.3 is 15.2 Å². The van der Waals surface area contributed by atoms with Crippen LogP contribution in [0, 0.1) is 5.92 Å². The van der Waals surface area contributed by atoms with E-state index in [1.165, 1.54) is 22.5 Å². The highest BCUT2D eigenvalue weighted by atomic mass is 32.2. The highest BCUT2D eigenvalue weighted by Crippen LogP contribution is 2.21. The maximum absolute atomic E-state index is 12.9. The number of nitrogens with one attached hydrogen (secondary N) is 1. The molecule has 9 heteroatoms. The molecule has 1 amide bonds. The van der Waals surface area contributed by atoms with E-state index in [0.717, 1.165) is 0 Å². The number of amides is 1. The molecule has 1 fully saturated rings. The predicted molar refractivity (Wildman–Crippen MR) is 94.4 cm³/mol. The number of morpholine rings is 1. The zero-order valence-electron chi connectivity index (χ0n) is 14.8. The van der Waals surface area contributed by atoms with E-state index in [-0.39, 0.29) is 35.9 Å². The smallest absolute Gasteiger partial charge is 0.326 e. The van der Waals surface area contributed by atoms with E-state index in [0.29, 0.717) is 13.2 Å². The molecule has 0 unspecified atom stereocenters. The number of hydrogen-bond acceptors (Lipinski definition) is 5. The van der Waals surface area contributed by atoms with Crippen molar-refractivity contribution in [1.29, 1.82) is 0 Å². The molecule has 1 aliphatic heterocycles. The fourth-order valence-electron chi connectivity index (χ4n) is 2.73. The van der Waals surface area contributed by atoms with Gasteiger partial charge in [-0.05, 0) is 24.5 Å². The minimum absolute atomic E-state index is 0.0590. The molecule has 1 heterocycles. The molecule has 1 aromatic carbocycles. The molecule has 0 aromatic heterocycles. The van der Waals surface area contributed by atoms with Gasteiger partial charge in [-0.2, -0.15) is 4.31 Å². The third-order valence-electron chi connectivity index (χ3n) is 4.03. The fourth-order valence-corrected chi connectivity index (χ4v) is 4.33. The first kappa shape index (κ1) is 20.3. The molecule has 0 bridgehead atoms. The second-order valence-electron chi connectivity index (χ2n) is 6.51. The molecule has 0 radical (unpaired) electrons. The Bertz CT molecular complexity index is 756. The van der Waals surface area contributed by atoms with Gasteiger partial charge in [0.05, 0.1) is 23.7 Å². The zero-order valence-corrected chi connectivity index (χ0v) is 15.7. The van der Waals surface area contributed by atoms with Crippen LogP contribution in [0.25, 0.3) is 0 Å². The molecule has 0 spiro atoms. The SMILES string of the molecule is CC(C)C[C@@H](NC(=O)c1ccccc1S(=O)(=O)N1CCOCC1)C(=O)O. The summed E-state index contributed by atoms with van der Waals surface area (Å²) in [5.74, 6) is -1.81. The number of ether oxygens (including phenoxy) is 1. The topological polar surface area (TPSA) is 113 Å². The summed E-state index contributed by atoms with van der Waals surface area (Å²) >= 11 is 0. The van der Waals surface area contributed by atoms with E-state index in [4.69, 9.17) is 4.74 Å². The lowest BCUT2D eigenvalue weighted by atomic mass is 10.0. The number of carbonyl (C=O) groups is 2. The van der Waals surface area contributed by atoms with Crippen molar-refractivity contribution in [2.75, 3.05) is 26.3 Å². The molecule has 0 saturated carbocycles. The van der Waals surface area contributed by atoms with Crippen molar-refractivity contribution in [3.8, 4) is 0 Å². The third kappa shape index (κ3) is 4.80. The summed E-state index contributed by atoms with van der Waals surface area (Å²) in [6.07, 6.45) is 0.249. The molecule has 1 aromatic rings. The summed E-state index contributed by atoms with van der Waals surface area (Å²) in [5, 5.41) is 11.7. The second-order valence-corrected chi connectivity index (χ2v) is 8.41. The van der Waals surface area contributed by atoms with Gasteiger partial charge in [0.1, 0.15) is 6.04 Å². The van der Waals surface area contributed by atoms with Crippen molar-refractivity contribution >= 4 is 21.9 Å². The largest absolute Gasteiger partial charge is 0.480 e. The van der Waals surface area contributed by atoms with Gasteiger partial charge >= 0.3 is 5.97 Å². The first-order valence-electron chi connectivity index (χ1n) is 8.44. The molecule has 8 nitrogen and oxygen atoms in total. The van der Waals surface area contributed by atoms with Gasteiger partial charge in [0, 0.05) is 13.1 Å². The van der Waals surface area contributed by atoms with Crippen LogP contribution < -0.4 is 5.32 Å². The Morgan fingerprint density at radius 3 is 2.42 bits per heavy atom. The van der Waals surface area contributed by atoms with Crippen LogP contribution in [0.2, 0.25) is 0 Å². The second kappa shape index (κ2) is 8.61. The molecule has 1 saturated heterocycles. The summed E-state index contributed by atoms with van der Waals surface area (Å²) in [7, 11) is -3.87. The zero-order chi connectivity index (χ0) is 19.3. The maximum Gasteiger partial charge on any atom is 0.326 e. The Morgan fingerprint density at radius 1 is 1.23 bits per heavy atom. The van der Waals surface area contributed by atoms with Crippen LogP contribution in [0.15, 0.2) is 29.2 Å². The highest BCUT2D eigenvalue weighted by Gasteiger charge is 2.31. The third-order valence-corrected chi connectivity index (χ3v) is 5.99. The molecular weight excluding hydrogens is 360 g/mol. The Kier molecular flexibility index (Phi) is 6.74. The number of rotatable bonds is 7. The van der Waals surface area contributed by atoms with Crippen molar-refractivity contribution in [3.05, 3.63) is 29.8 Å². The average Bonchev–Trinajstić information content (AvgIpc) is 2.61. The lowest BCUT2D eigenvalue weighted by molar-refractivity contribution is -0.139. The summed E-state index contributed by atoms with van der Waals surface area (Å²) in [4.78, 5) is 23.9. The Morgan fingerprint density at radius 2 is 1.85 bits per heavy atom. The number of carboxylic acids is 1. The number of carboxylic acid groups (broad SMARTS) is 1. The molecule has 1 aliphatic rings. The molecule has 2 rings (SSSR count). The monoisotopic (exact) mass is 384 g/mol. The minimum atomic E-state index is -3.87. The molecule has 144 valence electrons. The summed E-state index contributed by atoms with van der Waals surface area (Å²) in [6, 6.07) is 4.74. The van der Waals surface area contributed by atoms with Crippen LogP contribution in [0.3, 0.4) is 0 Å². The van der Waals surface area contributed by atoms with Gasteiger partial charge in [-0.15, -0.1) is 0 Å². The van der Waals surface area contributed by atoms with Crippen molar-refractivity contribution in [2.45, 2.75) is 31.2 Å². The lowest BCUT2D eigenvalue weighted by Gasteiger charge is -2.27. The van der Waals surface area contributed by atoms with E-state index >= 15 is 0 Å². The van der Waals surface area contributed by atoms with E-state index in [1.54, 1.807) is 6.07 Å². The summed E-state index contributed by atoms with van der Waals surface area (Å²) in [5.41, 5.74) is -0.0611. The van der Waals surface area contributed by atoms with Gasteiger partial charge in [0.25, 0.3) is 5.91 Å². The van der Waals surface area contributed by atoms with Crippen LogP contribution >= 0.6 is 0 Å². The first-order valence-corrected chi connectivity index (χ1v) is 9.88. The molecule has 1 atom stereocenters. The number of aliphatic carboxylic acids is 1. The standard InChI is InChI=1S/C17H24N2O6S/c1-12(2)11-14(17(21)22)18-16(20)13-5-3-4-6-15(13)26(23,24)19-7-9-25-10-8-19/h3-6,12,14H,7-11H2,1-2H3,(H,18,20)(H,21,22)/t14-/m1/s1. The number of nitrogens with zero attached hydrogens (tertiary/aromatic N) is 1. The molecule has 0 aliphatic carbocycles. The number of hydrogen-bond donors (Lipinski definition) is 2. The Balaban J connectivity index is 2.30. The van der Waals surface area contributed by atoms with Gasteiger partial charge in [-0.1, -0.05) is 26.0 Å². The van der Waals surface area contributed by atoms with Crippen LogP contribution in [0.1, 0.15) is 30.6 Å². The van der Waals surface area contributed by atoms with E-state index < -0.39 is 27.9 Å². The normalized spacial score (nSPS) is 17.0. The van der Waals surface area contributed by atoms with E-state index in [2.05, 4.69) is 5.32 Å². The maximum atomic E-state index is 12.9. The van der Waals surface area contributed by atoms with Crippen molar-refractivity contribution in [1.82, 2.24) is 9.62 Å². The first-order chi connectivity index (χ1) is 12.2. The highest BCUT2D eigenvalue weighted by molar-refractivity contribution is 7.89. The molecule has 2 N–H and O–H groups in total. The molecule has 26 heavy (non-hydrogen) atoms. The number of sulfonamides is 1. The van der Waals surface area contributed by atoms with Gasteiger partial charge in [0.2, 0.25) is 10.0 Å². The van der Waals surface area contributed by atoms with Gasteiger partial charge in [-0.25, -0.2) is 13.2 Å². The molecular formula is C17H24N2O6S. The Labute approximate surface area is 153 Å². The van der Waals surface area contributed by atoms with Gasteiger partial charge in [0.15, 0.2) is 0 Å². The fraction of sp³-hybridized carbons (Fsp3) is 0.529. The van der Waals surface area contributed by atoms with Crippen molar-refractivity contribution in [2.24, 2.45) is 5.92 Å². The average molecular weight is 384 g/mol.